The molecular formula is C21H31N3O2S2. The first-order valence-electron chi connectivity index (χ1n) is 10.3. The molecule has 0 saturated carbocycles. The number of carbonyl (C=O) groups excluding carboxylic acids is 1. The Kier molecular flexibility index (Phi) is 7.20. The number of amides is 1. The zero-order valence-electron chi connectivity index (χ0n) is 17.3. The molecule has 0 spiro atoms. The minimum absolute atomic E-state index is 0.0424. The summed E-state index contributed by atoms with van der Waals surface area (Å²) in [6, 6.07) is 0.342. The Balaban J connectivity index is 1.67. The number of thiophene rings is 1. The Morgan fingerprint density at radius 2 is 2.21 bits per heavy atom. The van der Waals surface area contributed by atoms with Crippen molar-refractivity contribution >= 4 is 39.2 Å². The third-order valence-corrected chi connectivity index (χ3v) is 7.72. The van der Waals surface area contributed by atoms with Crippen molar-refractivity contribution in [3.8, 4) is 0 Å². The van der Waals surface area contributed by atoms with Crippen LogP contribution in [0.5, 0.6) is 0 Å². The maximum Gasteiger partial charge on any atom is 0.259 e. The Morgan fingerprint density at radius 3 is 2.93 bits per heavy atom. The van der Waals surface area contributed by atoms with Crippen LogP contribution in [-0.2, 0) is 17.0 Å². The largest absolute Gasteiger partial charge is 0.339 e. The van der Waals surface area contributed by atoms with Gasteiger partial charge in [0.05, 0.1) is 16.9 Å². The van der Waals surface area contributed by atoms with E-state index < -0.39 is 0 Å². The van der Waals surface area contributed by atoms with Crippen LogP contribution in [0, 0.1) is 12.8 Å². The van der Waals surface area contributed by atoms with Gasteiger partial charge in [0.1, 0.15) is 10.7 Å². The van der Waals surface area contributed by atoms with Gasteiger partial charge in [-0.25, -0.2) is 4.98 Å². The molecule has 2 aromatic heterocycles. The summed E-state index contributed by atoms with van der Waals surface area (Å²) in [6.07, 6.45) is 5.42. The first kappa shape index (κ1) is 21.4. The zero-order chi connectivity index (χ0) is 20.3. The molecule has 1 N–H and O–H groups in total. The number of nitrogens with one attached hydrogen (secondary N) is 1. The number of nitrogens with zero attached hydrogens (tertiary/aromatic N) is 2. The molecule has 154 valence electrons. The SMILES string of the molecule is CC[C@@H](C)Cc1c(C)sc2nc(CSCC(=O)N3CCCC[C@@H]3C)[nH]c(=O)c12. The lowest BCUT2D eigenvalue weighted by Gasteiger charge is -2.33. The fourth-order valence-electron chi connectivity index (χ4n) is 3.81. The van der Waals surface area contributed by atoms with E-state index in [1.807, 2.05) is 4.90 Å². The molecule has 7 heteroatoms. The summed E-state index contributed by atoms with van der Waals surface area (Å²) >= 11 is 3.14. The Labute approximate surface area is 175 Å². The van der Waals surface area contributed by atoms with Gasteiger partial charge in [-0.1, -0.05) is 20.3 Å². The second kappa shape index (κ2) is 9.44. The van der Waals surface area contributed by atoms with Crippen molar-refractivity contribution in [3.63, 3.8) is 0 Å². The fourth-order valence-corrected chi connectivity index (χ4v) is 5.66. The van der Waals surface area contributed by atoms with Crippen LogP contribution in [0.4, 0.5) is 0 Å². The Bertz CT molecular complexity index is 890. The van der Waals surface area contributed by atoms with Crippen LogP contribution in [0.15, 0.2) is 4.79 Å². The number of aryl methyl sites for hydroxylation is 1. The second-order valence-electron chi connectivity index (χ2n) is 7.97. The molecule has 28 heavy (non-hydrogen) atoms. The summed E-state index contributed by atoms with van der Waals surface area (Å²) in [6.45, 7) is 9.48. The maximum atomic E-state index is 12.7. The molecule has 1 aliphatic rings. The molecule has 0 aromatic carbocycles. The fraction of sp³-hybridized carbons (Fsp3) is 0.667. The topological polar surface area (TPSA) is 66.1 Å². The van der Waals surface area contributed by atoms with Crippen LogP contribution < -0.4 is 5.56 Å². The van der Waals surface area contributed by atoms with Crippen molar-refractivity contribution in [1.29, 1.82) is 0 Å². The number of rotatable bonds is 7. The monoisotopic (exact) mass is 421 g/mol. The van der Waals surface area contributed by atoms with Crippen LogP contribution in [0.3, 0.4) is 0 Å². The van der Waals surface area contributed by atoms with Crippen molar-refractivity contribution in [2.24, 2.45) is 5.92 Å². The standard InChI is InChI=1S/C21H31N3O2S2/c1-5-13(2)10-16-15(4)28-21-19(16)20(26)22-17(23-21)11-27-12-18(25)24-9-7-6-8-14(24)3/h13-14H,5-12H2,1-4H3,(H,22,23,26)/t13-,14+/m1/s1. The summed E-state index contributed by atoms with van der Waals surface area (Å²) in [5, 5.41) is 0.759. The van der Waals surface area contributed by atoms with E-state index >= 15 is 0 Å². The van der Waals surface area contributed by atoms with Gasteiger partial charge in [-0.15, -0.1) is 23.1 Å². The Hall–Kier alpha value is -1.34. The van der Waals surface area contributed by atoms with Crippen molar-refractivity contribution < 1.29 is 4.79 Å². The smallest absolute Gasteiger partial charge is 0.259 e. The highest BCUT2D eigenvalue weighted by atomic mass is 32.2. The normalized spacial score (nSPS) is 18.6. The molecule has 0 aliphatic carbocycles. The van der Waals surface area contributed by atoms with E-state index in [-0.39, 0.29) is 11.5 Å². The van der Waals surface area contributed by atoms with Crippen LogP contribution >= 0.6 is 23.1 Å². The number of hydrogen-bond donors (Lipinski definition) is 1. The second-order valence-corrected chi connectivity index (χ2v) is 10.2. The van der Waals surface area contributed by atoms with Crippen molar-refractivity contribution in [2.45, 2.75) is 71.6 Å². The van der Waals surface area contributed by atoms with Gasteiger partial charge < -0.3 is 9.88 Å². The van der Waals surface area contributed by atoms with Gasteiger partial charge in [-0.2, -0.15) is 0 Å². The molecule has 1 fully saturated rings. The third kappa shape index (κ3) is 4.79. The number of aromatic amines is 1. The van der Waals surface area contributed by atoms with E-state index in [0.29, 0.717) is 29.3 Å². The van der Waals surface area contributed by atoms with Gasteiger partial charge in [-0.05, 0) is 51.0 Å². The molecule has 3 heterocycles. The zero-order valence-corrected chi connectivity index (χ0v) is 19.0. The van der Waals surface area contributed by atoms with Crippen molar-refractivity contribution in [3.05, 3.63) is 26.6 Å². The van der Waals surface area contributed by atoms with Crippen LogP contribution in [0.1, 0.15) is 62.7 Å². The minimum Gasteiger partial charge on any atom is -0.339 e. The number of hydrogen-bond acceptors (Lipinski definition) is 5. The average molecular weight is 422 g/mol. The predicted molar refractivity (Wildman–Crippen MR) is 119 cm³/mol. The first-order valence-corrected chi connectivity index (χ1v) is 12.3. The molecule has 0 bridgehead atoms. The van der Waals surface area contributed by atoms with Gasteiger partial charge in [-0.3, -0.25) is 9.59 Å². The van der Waals surface area contributed by atoms with Gasteiger partial charge in [0.2, 0.25) is 5.91 Å². The van der Waals surface area contributed by atoms with E-state index in [2.05, 4.69) is 32.7 Å². The number of H-pyrrole nitrogens is 1. The van der Waals surface area contributed by atoms with Crippen molar-refractivity contribution in [1.82, 2.24) is 14.9 Å². The molecule has 1 aliphatic heterocycles. The third-order valence-electron chi connectivity index (χ3n) is 5.75. The van der Waals surface area contributed by atoms with Gasteiger partial charge >= 0.3 is 0 Å². The van der Waals surface area contributed by atoms with E-state index in [1.165, 1.54) is 23.1 Å². The summed E-state index contributed by atoms with van der Waals surface area (Å²) in [7, 11) is 0. The van der Waals surface area contributed by atoms with Crippen molar-refractivity contribution in [2.75, 3.05) is 12.3 Å². The number of aromatic nitrogens is 2. The molecular weight excluding hydrogens is 390 g/mol. The van der Waals surface area contributed by atoms with E-state index in [0.717, 1.165) is 48.0 Å². The highest BCUT2D eigenvalue weighted by Gasteiger charge is 2.23. The highest BCUT2D eigenvalue weighted by molar-refractivity contribution is 7.99. The molecule has 3 rings (SSSR count). The molecule has 5 nitrogen and oxygen atoms in total. The van der Waals surface area contributed by atoms with Gasteiger partial charge in [0.15, 0.2) is 0 Å². The van der Waals surface area contributed by atoms with Crippen LogP contribution in [-0.4, -0.2) is 39.1 Å². The van der Waals surface area contributed by atoms with E-state index in [1.54, 1.807) is 11.3 Å². The molecule has 1 amide bonds. The number of thioether (sulfide) groups is 1. The maximum absolute atomic E-state index is 12.7. The summed E-state index contributed by atoms with van der Waals surface area (Å²) in [4.78, 5) is 36.8. The van der Waals surface area contributed by atoms with Gasteiger partial charge in [0.25, 0.3) is 5.56 Å². The molecule has 0 unspecified atom stereocenters. The lowest BCUT2D eigenvalue weighted by molar-refractivity contribution is -0.131. The molecule has 2 atom stereocenters. The molecule has 1 saturated heterocycles. The lowest BCUT2D eigenvalue weighted by atomic mass is 9.98. The summed E-state index contributed by atoms with van der Waals surface area (Å²) in [5.74, 6) is 2.40. The van der Waals surface area contributed by atoms with E-state index in [9.17, 15) is 9.59 Å². The Morgan fingerprint density at radius 1 is 1.43 bits per heavy atom. The van der Waals surface area contributed by atoms with Crippen LogP contribution in [0.25, 0.3) is 10.2 Å². The quantitative estimate of drug-likeness (QED) is 0.714. The predicted octanol–water partition coefficient (Wildman–Crippen LogP) is 4.52. The summed E-state index contributed by atoms with van der Waals surface area (Å²) in [5.41, 5.74) is 1.11. The van der Waals surface area contributed by atoms with Gasteiger partial charge in [0, 0.05) is 17.5 Å². The number of likely N-dealkylation sites (tertiary alicyclic amines) is 1. The summed E-state index contributed by atoms with van der Waals surface area (Å²) < 4.78 is 0. The molecule has 0 radical (unpaired) electrons. The highest BCUT2D eigenvalue weighted by Crippen LogP contribution is 2.30. The number of piperidine rings is 1. The molecule has 2 aromatic rings. The average Bonchev–Trinajstić information content (AvgIpc) is 2.97. The van der Waals surface area contributed by atoms with Crippen LogP contribution in [0.2, 0.25) is 0 Å². The van der Waals surface area contributed by atoms with E-state index in [4.69, 9.17) is 4.98 Å². The number of carbonyl (C=O) groups is 1. The lowest BCUT2D eigenvalue weighted by Crippen LogP contribution is -2.42. The number of fused-ring (bicyclic) bond motifs is 1. The first-order chi connectivity index (χ1) is 13.4. The minimum atomic E-state index is -0.0424.